The molecule has 5 rings (SSSR count). The first kappa shape index (κ1) is 29.5. The highest BCUT2D eigenvalue weighted by atomic mass is 32.2. The number of amides is 1. The number of nitrogen functional groups attached to an aromatic ring is 1. The van der Waals surface area contributed by atoms with Crippen molar-refractivity contribution in [3.63, 3.8) is 0 Å². The molecule has 216 valence electrons. The van der Waals surface area contributed by atoms with Crippen molar-refractivity contribution in [3.05, 3.63) is 125 Å². The number of hydrogen-bond donors (Lipinski definition) is 3. The van der Waals surface area contributed by atoms with E-state index in [9.17, 15) is 14.7 Å². The lowest BCUT2D eigenvalue weighted by Gasteiger charge is -2.36. The van der Waals surface area contributed by atoms with Gasteiger partial charge in [-0.05, 0) is 47.9 Å². The number of benzene rings is 4. The van der Waals surface area contributed by atoms with Crippen molar-refractivity contribution in [1.82, 2.24) is 0 Å². The molecule has 0 bridgehead atoms. The summed E-state index contributed by atoms with van der Waals surface area (Å²) < 4.78 is 12.9. The van der Waals surface area contributed by atoms with E-state index in [4.69, 9.17) is 15.2 Å². The zero-order chi connectivity index (χ0) is 29.5. The third kappa shape index (κ3) is 7.66. The van der Waals surface area contributed by atoms with Gasteiger partial charge >= 0.3 is 0 Å². The minimum Gasteiger partial charge on any atom is -0.398 e. The highest BCUT2D eigenvalue weighted by molar-refractivity contribution is 7.99. The van der Waals surface area contributed by atoms with Crippen LogP contribution in [0, 0.1) is 0 Å². The summed E-state index contributed by atoms with van der Waals surface area (Å²) in [6.07, 6.45) is 0.00233. The van der Waals surface area contributed by atoms with Gasteiger partial charge in [0.05, 0.1) is 25.2 Å². The van der Waals surface area contributed by atoms with E-state index in [1.807, 2.05) is 72.8 Å². The van der Waals surface area contributed by atoms with Gasteiger partial charge in [-0.1, -0.05) is 72.8 Å². The Morgan fingerprint density at radius 1 is 0.905 bits per heavy atom. The van der Waals surface area contributed by atoms with Crippen LogP contribution in [0.15, 0.2) is 102 Å². The van der Waals surface area contributed by atoms with E-state index in [1.165, 1.54) is 6.92 Å². The summed E-state index contributed by atoms with van der Waals surface area (Å²) in [7, 11) is 0. The molecule has 0 saturated carbocycles. The molecule has 1 unspecified atom stereocenters. The van der Waals surface area contributed by atoms with Gasteiger partial charge in [0, 0.05) is 39.6 Å². The van der Waals surface area contributed by atoms with E-state index in [0.29, 0.717) is 23.4 Å². The maximum absolute atomic E-state index is 12.7. The Morgan fingerprint density at radius 3 is 2.33 bits per heavy atom. The lowest BCUT2D eigenvalue weighted by Crippen LogP contribution is -2.31. The maximum Gasteiger partial charge on any atom is 0.228 e. The molecule has 4 aromatic carbocycles. The highest BCUT2D eigenvalue weighted by Crippen LogP contribution is 2.40. The number of anilines is 2. The van der Waals surface area contributed by atoms with E-state index < -0.39 is 6.29 Å². The average molecular weight is 583 g/mol. The summed E-state index contributed by atoms with van der Waals surface area (Å²) in [4.78, 5) is 25.3. The number of rotatable bonds is 10. The second-order valence-corrected chi connectivity index (χ2v) is 11.4. The van der Waals surface area contributed by atoms with Crippen molar-refractivity contribution in [2.45, 2.75) is 49.8 Å². The molecule has 42 heavy (non-hydrogen) atoms. The van der Waals surface area contributed by atoms with Crippen molar-refractivity contribution < 1.29 is 24.2 Å². The Morgan fingerprint density at radius 2 is 1.62 bits per heavy atom. The van der Waals surface area contributed by atoms with Crippen LogP contribution in [0.4, 0.5) is 11.4 Å². The largest absolute Gasteiger partial charge is 0.398 e. The van der Waals surface area contributed by atoms with Gasteiger partial charge in [-0.15, -0.1) is 11.8 Å². The van der Waals surface area contributed by atoms with E-state index in [-0.39, 0.29) is 36.9 Å². The molecule has 0 radical (unpaired) electrons. The topological polar surface area (TPSA) is 111 Å². The average Bonchev–Trinajstić information content (AvgIpc) is 3.01. The fourth-order valence-electron chi connectivity index (χ4n) is 4.82. The van der Waals surface area contributed by atoms with Crippen molar-refractivity contribution in [2.75, 3.05) is 16.8 Å². The molecule has 4 N–H and O–H groups in total. The molecule has 8 heteroatoms. The van der Waals surface area contributed by atoms with Crippen LogP contribution in [0.2, 0.25) is 0 Å². The molecule has 1 fully saturated rings. The monoisotopic (exact) mass is 582 g/mol. The fourth-order valence-corrected chi connectivity index (χ4v) is 5.81. The smallest absolute Gasteiger partial charge is 0.228 e. The highest BCUT2D eigenvalue weighted by Gasteiger charge is 2.32. The quantitative estimate of drug-likeness (QED) is 0.111. The zero-order valence-corrected chi connectivity index (χ0v) is 24.2. The molecule has 1 heterocycles. The van der Waals surface area contributed by atoms with Crippen LogP contribution in [-0.4, -0.2) is 28.7 Å². The molecule has 0 spiro atoms. The van der Waals surface area contributed by atoms with E-state index >= 15 is 0 Å². The number of Topliss-reactive ketones (excluding diaryl/α,β-unsaturated/α-hetero) is 1. The van der Waals surface area contributed by atoms with Gasteiger partial charge in [-0.25, -0.2) is 0 Å². The number of nitrogens with one attached hydrogen (secondary N) is 1. The van der Waals surface area contributed by atoms with E-state index in [0.717, 1.165) is 32.8 Å². The number of thioether (sulfide) groups is 1. The summed E-state index contributed by atoms with van der Waals surface area (Å²) in [5.74, 6) is 0.489. The minimum atomic E-state index is -0.586. The van der Waals surface area contributed by atoms with Crippen molar-refractivity contribution in [3.8, 4) is 0 Å². The first-order valence-electron chi connectivity index (χ1n) is 13.9. The number of para-hydroxylation sites is 1. The molecule has 1 aliphatic rings. The zero-order valence-electron chi connectivity index (χ0n) is 23.4. The van der Waals surface area contributed by atoms with Gasteiger partial charge in [0.25, 0.3) is 0 Å². The van der Waals surface area contributed by atoms with Crippen LogP contribution in [0.25, 0.3) is 0 Å². The predicted molar refractivity (Wildman–Crippen MR) is 165 cm³/mol. The number of carbonyl (C=O) groups is 2. The molecular formula is C34H34N2O5S. The van der Waals surface area contributed by atoms with Gasteiger partial charge in [-0.3, -0.25) is 9.59 Å². The van der Waals surface area contributed by atoms with Gasteiger partial charge in [-0.2, -0.15) is 0 Å². The van der Waals surface area contributed by atoms with Crippen molar-refractivity contribution >= 4 is 34.8 Å². The molecule has 0 aliphatic carbocycles. The summed E-state index contributed by atoms with van der Waals surface area (Å²) in [6.45, 7) is 1.49. The number of carbonyl (C=O) groups excluding carboxylic acids is 2. The van der Waals surface area contributed by atoms with Gasteiger partial charge in [0.15, 0.2) is 12.1 Å². The molecule has 1 saturated heterocycles. The van der Waals surface area contributed by atoms with Gasteiger partial charge in [0.2, 0.25) is 5.91 Å². The molecule has 1 aliphatic heterocycles. The molecule has 4 aromatic rings. The van der Waals surface area contributed by atoms with Crippen molar-refractivity contribution in [2.24, 2.45) is 0 Å². The third-order valence-electron chi connectivity index (χ3n) is 7.13. The second kappa shape index (κ2) is 13.8. The predicted octanol–water partition coefficient (Wildman–Crippen LogP) is 6.48. The number of nitrogens with two attached hydrogens (primary N) is 1. The van der Waals surface area contributed by atoms with Crippen LogP contribution in [0.1, 0.15) is 58.4 Å². The summed E-state index contributed by atoms with van der Waals surface area (Å²) >= 11 is 1.66. The number of aliphatic hydroxyl groups is 1. The van der Waals surface area contributed by atoms with Crippen LogP contribution in [0.5, 0.6) is 0 Å². The minimum absolute atomic E-state index is 0.00945. The Kier molecular flexibility index (Phi) is 9.71. The van der Waals surface area contributed by atoms with Crippen molar-refractivity contribution in [1.29, 1.82) is 0 Å². The lowest BCUT2D eigenvalue weighted by molar-refractivity contribution is -0.245. The second-order valence-electron chi connectivity index (χ2n) is 10.3. The van der Waals surface area contributed by atoms with Crippen LogP contribution >= 0.6 is 11.8 Å². The molecular weight excluding hydrogens is 548 g/mol. The Bertz CT molecular complexity index is 1520. The first-order valence-corrected chi connectivity index (χ1v) is 14.8. The maximum atomic E-state index is 12.7. The number of ether oxygens (including phenoxy) is 2. The van der Waals surface area contributed by atoms with Gasteiger partial charge < -0.3 is 25.6 Å². The summed E-state index contributed by atoms with van der Waals surface area (Å²) in [6, 6.07) is 30.2. The molecule has 0 aromatic heterocycles. The Labute approximate surface area is 250 Å². The Hall–Kier alpha value is -3.95. The molecule has 3 atom stereocenters. The number of ketones is 1. The normalized spacial score (nSPS) is 18.4. The van der Waals surface area contributed by atoms with E-state index in [1.54, 1.807) is 36.0 Å². The van der Waals surface area contributed by atoms with Crippen LogP contribution < -0.4 is 11.1 Å². The standard InChI is InChI=1S/C34H34N2O5S/c1-22(38)27-5-4-6-28(18-27)36-33(39)17-23-9-15-26(16-10-23)34-40-29(21-42-32-8-3-2-7-30(32)35)19-31(41-34)25-13-11-24(20-37)12-14-25/h2-16,18,29,31,34,37H,17,19-21,35H2,1H3,(H,36,39)/t29-,31+,34?/m0/s1. The first-order chi connectivity index (χ1) is 20.4. The SMILES string of the molecule is CC(=O)c1cccc(NC(=O)Cc2ccc(C3O[C@H](CSc4ccccc4N)C[C@H](c4ccc(CO)cc4)O3)cc2)c1. The number of aliphatic hydroxyl groups excluding tert-OH is 1. The summed E-state index contributed by atoms with van der Waals surface area (Å²) in [5, 5.41) is 12.3. The molecule has 1 amide bonds. The Balaban J connectivity index is 1.27. The summed E-state index contributed by atoms with van der Waals surface area (Å²) in [5.41, 5.74) is 11.6. The van der Waals surface area contributed by atoms with Gasteiger partial charge in [0.1, 0.15) is 0 Å². The third-order valence-corrected chi connectivity index (χ3v) is 8.35. The lowest BCUT2D eigenvalue weighted by atomic mass is 10.0. The number of hydrogen-bond acceptors (Lipinski definition) is 7. The van der Waals surface area contributed by atoms with E-state index in [2.05, 4.69) is 5.32 Å². The van der Waals surface area contributed by atoms with Crippen LogP contribution in [-0.2, 0) is 27.3 Å². The molecule has 7 nitrogen and oxygen atoms in total. The fraction of sp³-hybridized carbons (Fsp3) is 0.235. The van der Waals surface area contributed by atoms with Crippen LogP contribution in [0.3, 0.4) is 0 Å².